The van der Waals surface area contributed by atoms with Gasteiger partial charge in [-0.2, -0.15) is 0 Å². The number of benzene rings is 2. The Kier molecular flexibility index (Phi) is 3.41. The van der Waals surface area contributed by atoms with Gasteiger partial charge >= 0.3 is 0 Å². The van der Waals surface area contributed by atoms with Crippen molar-refractivity contribution in [3.8, 4) is 0 Å². The van der Waals surface area contributed by atoms with Crippen molar-refractivity contribution in [2.24, 2.45) is 0 Å². The molecule has 120 valence electrons. The largest absolute Gasteiger partial charge is 0.325 e. The quantitative estimate of drug-likeness (QED) is 0.615. The number of aryl methyl sites for hydroxylation is 3. The fourth-order valence-corrected chi connectivity index (χ4v) is 3.02. The molecule has 4 rings (SSSR count). The molecule has 0 spiro atoms. The van der Waals surface area contributed by atoms with Crippen molar-refractivity contribution in [3.05, 3.63) is 59.4 Å². The molecule has 0 amide bonds. The van der Waals surface area contributed by atoms with E-state index in [9.17, 15) is 0 Å². The normalized spacial score (nSPS) is 11.3. The minimum Gasteiger partial charge on any atom is -0.325 e. The molecule has 0 saturated heterocycles. The first-order valence-corrected chi connectivity index (χ1v) is 8.14. The Morgan fingerprint density at radius 1 is 1.04 bits per heavy atom. The Labute approximate surface area is 140 Å². The molecule has 2 aromatic heterocycles. The van der Waals surface area contributed by atoms with Gasteiger partial charge in [0.25, 0.3) is 0 Å². The number of para-hydroxylation sites is 1. The molecule has 5 heteroatoms. The van der Waals surface area contributed by atoms with Crippen molar-refractivity contribution in [1.82, 2.24) is 19.6 Å². The standard InChI is InChI=1S/C19H19N5/c1-4-17-22-23-18-14-7-5-6-8-16(14)21-19(24(17)18)20-15-10-9-12(2)11-13(15)3/h5-11H,4H2,1-3H3,(H,20,21). The van der Waals surface area contributed by atoms with Crippen LogP contribution in [0.1, 0.15) is 23.9 Å². The van der Waals surface area contributed by atoms with Crippen molar-refractivity contribution in [2.45, 2.75) is 27.2 Å². The maximum Gasteiger partial charge on any atom is 0.215 e. The van der Waals surface area contributed by atoms with Gasteiger partial charge in [0.05, 0.1) is 5.52 Å². The van der Waals surface area contributed by atoms with E-state index >= 15 is 0 Å². The van der Waals surface area contributed by atoms with Crippen LogP contribution < -0.4 is 5.32 Å². The van der Waals surface area contributed by atoms with Gasteiger partial charge in [0.2, 0.25) is 5.95 Å². The summed E-state index contributed by atoms with van der Waals surface area (Å²) in [6.07, 6.45) is 0.794. The summed E-state index contributed by atoms with van der Waals surface area (Å²) in [6.45, 7) is 6.27. The summed E-state index contributed by atoms with van der Waals surface area (Å²) in [6, 6.07) is 14.4. The highest BCUT2D eigenvalue weighted by Crippen LogP contribution is 2.26. The second kappa shape index (κ2) is 5.60. The lowest BCUT2D eigenvalue weighted by Crippen LogP contribution is -2.06. The number of nitrogens with one attached hydrogen (secondary N) is 1. The number of hydrogen-bond acceptors (Lipinski definition) is 4. The van der Waals surface area contributed by atoms with Crippen LogP contribution in [0.2, 0.25) is 0 Å². The Hall–Kier alpha value is -2.95. The number of aromatic nitrogens is 4. The lowest BCUT2D eigenvalue weighted by atomic mass is 10.1. The number of nitrogens with zero attached hydrogens (tertiary/aromatic N) is 4. The molecule has 0 unspecified atom stereocenters. The smallest absolute Gasteiger partial charge is 0.215 e. The summed E-state index contributed by atoms with van der Waals surface area (Å²) in [5.74, 6) is 1.65. The van der Waals surface area contributed by atoms with Crippen LogP contribution in [0, 0.1) is 13.8 Å². The first-order valence-electron chi connectivity index (χ1n) is 8.14. The van der Waals surface area contributed by atoms with Gasteiger partial charge in [0, 0.05) is 17.5 Å². The minimum absolute atomic E-state index is 0.748. The van der Waals surface area contributed by atoms with Gasteiger partial charge in [-0.1, -0.05) is 36.8 Å². The van der Waals surface area contributed by atoms with E-state index in [0.29, 0.717) is 0 Å². The molecule has 0 aliphatic rings. The van der Waals surface area contributed by atoms with E-state index < -0.39 is 0 Å². The third-order valence-corrected chi connectivity index (χ3v) is 4.26. The Morgan fingerprint density at radius 3 is 2.67 bits per heavy atom. The molecular weight excluding hydrogens is 298 g/mol. The highest BCUT2D eigenvalue weighted by molar-refractivity contribution is 5.92. The Bertz CT molecular complexity index is 1050. The second-order valence-corrected chi connectivity index (χ2v) is 6.02. The molecule has 0 aliphatic heterocycles. The van der Waals surface area contributed by atoms with E-state index in [1.54, 1.807) is 0 Å². The summed E-state index contributed by atoms with van der Waals surface area (Å²) in [7, 11) is 0. The van der Waals surface area contributed by atoms with Crippen LogP contribution in [-0.4, -0.2) is 19.6 Å². The molecule has 5 nitrogen and oxygen atoms in total. The van der Waals surface area contributed by atoms with Gasteiger partial charge < -0.3 is 5.32 Å². The lowest BCUT2D eigenvalue weighted by Gasteiger charge is -2.13. The van der Waals surface area contributed by atoms with E-state index in [1.807, 2.05) is 28.7 Å². The number of rotatable bonds is 3. The number of fused-ring (bicyclic) bond motifs is 3. The van der Waals surface area contributed by atoms with Crippen molar-refractivity contribution in [3.63, 3.8) is 0 Å². The number of anilines is 2. The van der Waals surface area contributed by atoms with Gasteiger partial charge in [0.1, 0.15) is 5.82 Å². The summed E-state index contributed by atoms with van der Waals surface area (Å²) < 4.78 is 2.02. The average molecular weight is 317 g/mol. The first kappa shape index (κ1) is 14.6. The van der Waals surface area contributed by atoms with Gasteiger partial charge in [-0.25, -0.2) is 9.38 Å². The van der Waals surface area contributed by atoms with Crippen molar-refractivity contribution < 1.29 is 0 Å². The van der Waals surface area contributed by atoms with Gasteiger partial charge in [-0.15, -0.1) is 10.2 Å². The molecule has 0 bridgehead atoms. The zero-order valence-electron chi connectivity index (χ0n) is 14.0. The monoisotopic (exact) mass is 317 g/mol. The molecule has 0 aliphatic carbocycles. The fourth-order valence-electron chi connectivity index (χ4n) is 3.02. The van der Waals surface area contributed by atoms with Crippen molar-refractivity contribution >= 4 is 28.2 Å². The van der Waals surface area contributed by atoms with Crippen LogP contribution in [-0.2, 0) is 6.42 Å². The van der Waals surface area contributed by atoms with Crippen LogP contribution in [0.15, 0.2) is 42.5 Å². The second-order valence-electron chi connectivity index (χ2n) is 6.02. The molecule has 2 heterocycles. The van der Waals surface area contributed by atoms with E-state index in [0.717, 1.165) is 40.4 Å². The first-order chi connectivity index (χ1) is 11.7. The Balaban J connectivity index is 1.96. The predicted molar refractivity (Wildman–Crippen MR) is 96.9 cm³/mol. The van der Waals surface area contributed by atoms with Crippen molar-refractivity contribution in [2.75, 3.05) is 5.32 Å². The van der Waals surface area contributed by atoms with Crippen LogP contribution in [0.4, 0.5) is 11.6 Å². The third-order valence-electron chi connectivity index (χ3n) is 4.26. The predicted octanol–water partition coefficient (Wildman–Crippen LogP) is 4.20. The molecule has 1 N–H and O–H groups in total. The van der Waals surface area contributed by atoms with E-state index in [4.69, 9.17) is 4.98 Å². The minimum atomic E-state index is 0.748. The summed E-state index contributed by atoms with van der Waals surface area (Å²) in [5, 5.41) is 13.2. The third kappa shape index (κ3) is 2.29. The average Bonchev–Trinajstić information content (AvgIpc) is 3.02. The van der Waals surface area contributed by atoms with Crippen LogP contribution >= 0.6 is 0 Å². The maximum atomic E-state index is 4.81. The van der Waals surface area contributed by atoms with Gasteiger partial charge in [-0.05, 0) is 37.6 Å². The fraction of sp³-hybridized carbons (Fsp3) is 0.211. The van der Waals surface area contributed by atoms with Crippen molar-refractivity contribution in [1.29, 1.82) is 0 Å². The molecule has 2 aromatic carbocycles. The van der Waals surface area contributed by atoms with E-state index in [1.165, 1.54) is 11.1 Å². The molecule has 0 radical (unpaired) electrons. The topological polar surface area (TPSA) is 55.1 Å². The summed E-state index contributed by atoms with van der Waals surface area (Å²) >= 11 is 0. The SMILES string of the molecule is CCc1nnc2c3ccccc3nc(Nc3ccc(C)cc3C)n12. The van der Waals surface area contributed by atoms with Gasteiger partial charge in [-0.3, -0.25) is 0 Å². The van der Waals surface area contributed by atoms with E-state index in [-0.39, 0.29) is 0 Å². The highest BCUT2D eigenvalue weighted by Gasteiger charge is 2.14. The molecule has 0 saturated carbocycles. The number of hydrogen-bond donors (Lipinski definition) is 1. The summed E-state index contributed by atoms with van der Waals surface area (Å²) in [5.41, 5.74) is 5.22. The lowest BCUT2D eigenvalue weighted by molar-refractivity contribution is 0.904. The maximum absolute atomic E-state index is 4.81. The van der Waals surface area contributed by atoms with E-state index in [2.05, 4.69) is 54.5 Å². The zero-order valence-corrected chi connectivity index (χ0v) is 14.0. The molecule has 0 atom stereocenters. The van der Waals surface area contributed by atoms with Crippen LogP contribution in [0.5, 0.6) is 0 Å². The van der Waals surface area contributed by atoms with Crippen LogP contribution in [0.25, 0.3) is 16.6 Å². The zero-order chi connectivity index (χ0) is 16.7. The molecular formula is C19H19N5. The van der Waals surface area contributed by atoms with Gasteiger partial charge in [0.15, 0.2) is 5.65 Å². The Morgan fingerprint density at radius 2 is 1.88 bits per heavy atom. The highest BCUT2D eigenvalue weighted by atomic mass is 15.3. The molecule has 4 aromatic rings. The molecule has 0 fully saturated rings. The molecule has 24 heavy (non-hydrogen) atoms. The van der Waals surface area contributed by atoms with Crippen LogP contribution in [0.3, 0.4) is 0 Å². The summed E-state index contributed by atoms with van der Waals surface area (Å²) in [4.78, 5) is 4.81.